The first-order valence-electron chi connectivity index (χ1n) is 7.40. The Morgan fingerprint density at radius 2 is 1.90 bits per heavy atom. The van der Waals surface area contributed by atoms with E-state index in [0.717, 1.165) is 31.5 Å². The van der Waals surface area contributed by atoms with Crippen LogP contribution in [0, 0.1) is 5.82 Å². The average Bonchev–Trinajstić information content (AvgIpc) is 2.51. The number of hydrogen-bond acceptors (Lipinski definition) is 1. The standard InChI is InChI=1S/C18H21ClFN/c1-2-21-13-16(15-6-4-3-5-7-15)10-8-14-9-11-17(19)18(20)12-14/h3-7,9,11-12,16,21H,2,8,10,13H2,1H3. The van der Waals surface area contributed by atoms with Crippen LogP contribution in [0.25, 0.3) is 0 Å². The second kappa shape index (κ2) is 8.16. The molecule has 3 heteroatoms. The van der Waals surface area contributed by atoms with E-state index < -0.39 is 0 Å². The van der Waals surface area contributed by atoms with E-state index in [4.69, 9.17) is 11.6 Å². The topological polar surface area (TPSA) is 12.0 Å². The average molecular weight is 306 g/mol. The van der Waals surface area contributed by atoms with Gasteiger partial charge in [-0.05, 0) is 48.6 Å². The first kappa shape index (κ1) is 16.0. The molecule has 0 bridgehead atoms. The van der Waals surface area contributed by atoms with Crippen molar-refractivity contribution in [3.05, 3.63) is 70.5 Å². The van der Waals surface area contributed by atoms with Crippen LogP contribution in [0.15, 0.2) is 48.5 Å². The summed E-state index contributed by atoms with van der Waals surface area (Å²) in [5.41, 5.74) is 2.32. The highest BCUT2D eigenvalue weighted by Gasteiger charge is 2.11. The third kappa shape index (κ3) is 4.83. The molecule has 0 spiro atoms. The SMILES string of the molecule is CCNCC(CCc1ccc(Cl)c(F)c1)c1ccccc1. The second-order valence-electron chi connectivity index (χ2n) is 5.20. The summed E-state index contributed by atoms with van der Waals surface area (Å²) in [5, 5.41) is 3.59. The Morgan fingerprint density at radius 1 is 1.14 bits per heavy atom. The maximum atomic E-state index is 13.5. The molecule has 0 radical (unpaired) electrons. The summed E-state index contributed by atoms with van der Waals surface area (Å²) in [7, 11) is 0. The van der Waals surface area contributed by atoms with E-state index in [1.807, 2.05) is 12.1 Å². The van der Waals surface area contributed by atoms with Gasteiger partial charge in [-0.2, -0.15) is 0 Å². The molecule has 2 aromatic carbocycles. The van der Waals surface area contributed by atoms with Crippen molar-refractivity contribution in [3.8, 4) is 0 Å². The lowest BCUT2D eigenvalue weighted by Crippen LogP contribution is -2.21. The monoisotopic (exact) mass is 305 g/mol. The molecule has 2 aromatic rings. The summed E-state index contributed by atoms with van der Waals surface area (Å²) in [4.78, 5) is 0. The molecule has 0 aromatic heterocycles. The number of halogens is 2. The minimum atomic E-state index is -0.336. The third-order valence-electron chi connectivity index (χ3n) is 3.68. The number of likely N-dealkylation sites (N-methyl/N-ethyl adjacent to an activating group) is 1. The second-order valence-corrected chi connectivity index (χ2v) is 5.61. The van der Waals surface area contributed by atoms with Gasteiger partial charge < -0.3 is 5.32 Å². The molecule has 1 unspecified atom stereocenters. The van der Waals surface area contributed by atoms with E-state index in [2.05, 4.69) is 36.5 Å². The lowest BCUT2D eigenvalue weighted by Gasteiger charge is -2.18. The van der Waals surface area contributed by atoms with Crippen LogP contribution in [0.4, 0.5) is 4.39 Å². The highest BCUT2D eigenvalue weighted by Crippen LogP contribution is 2.23. The zero-order valence-electron chi connectivity index (χ0n) is 12.3. The molecular formula is C18H21ClFN. The quantitative estimate of drug-likeness (QED) is 0.774. The van der Waals surface area contributed by atoms with Crippen molar-refractivity contribution in [2.75, 3.05) is 13.1 Å². The van der Waals surface area contributed by atoms with E-state index in [1.54, 1.807) is 6.07 Å². The molecule has 1 atom stereocenters. The zero-order chi connectivity index (χ0) is 15.1. The van der Waals surface area contributed by atoms with Crippen molar-refractivity contribution < 1.29 is 4.39 Å². The van der Waals surface area contributed by atoms with Crippen LogP contribution < -0.4 is 5.32 Å². The molecule has 0 amide bonds. The molecule has 0 saturated carbocycles. The van der Waals surface area contributed by atoms with Crippen LogP contribution in [0.2, 0.25) is 5.02 Å². The molecule has 0 aliphatic carbocycles. The maximum absolute atomic E-state index is 13.5. The van der Waals surface area contributed by atoms with Crippen LogP contribution in [-0.4, -0.2) is 13.1 Å². The maximum Gasteiger partial charge on any atom is 0.142 e. The normalized spacial score (nSPS) is 12.3. The number of rotatable bonds is 7. The molecule has 0 saturated heterocycles. The lowest BCUT2D eigenvalue weighted by molar-refractivity contribution is 0.560. The molecule has 1 nitrogen and oxygen atoms in total. The van der Waals surface area contributed by atoms with Crippen molar-refractivity contribution in [3.63, 3.8) is 0 Å². The van der Waals surface area contributed by atoms with E-state index in [9.17, 15) is 4.39 Å². The van der Waals surface area contributed by atoms with Crippen molar-refractivity contribution in [2.24, 2.45) is 0 Å². The molecule has 112 valence electrons. The largest absolute Gasteiger partial charge is 0.316 e. The van der Waals surface area contributed by atoms with Crippen LogP contribution in [0.5, 0.6) is 0 Å². The van der Waals surface area contributed by atoms with E-state index in [1.165, 1.54) is 11.6 Å². The number of hydrogen-bond donors (Lipinski definition) is 1. The first-order valence-corrected chi connectivity index (χ1v) is 7.78. The van der Waals surface area contributed by atoms with Gasteiger partial charge in [-0.3, -0.25) is 0 Å². The Hall–Kier alpha value is -1.38. The van der Waals surface area contributed by atoms with Gasteiger partial charge in [0.1, 0.15) is 5.82 Å². The molecule has 21 heavy (non-hydrogen) atoms. The predicted molar refractivity (Wildman–Crippen MR) is 87.5 cm³/mol. The predicted octanol–water partition coefficient (Wildman–Crippen LogP) is 4.81. The molecular weight excluding hydrogens is 285 g/mol. The minimum Gasteiger partial charge on any atom is -0.316 e. The van der Waals surface area contributed by atoms with Gasteiger partial charge in [0.05, 0.1) is 5.02 Å². The molecule has 1 N–H and O–H groups in total. The highest BCUT2D eigenvalue weighted by molar-refractivity contribution is 6.30. The van der Waals surface area contributed by atoms with Crippen molar-refractivity contribution >= 4 is 11.6 Å². The first-order chi connectivity index (χ1) is 10.2. The Balaban J connectivity index is 2.03. The molecule has 0 fully saturated rings. The Labute approximate surface area is 131 Å². The van der Waals surface area contributed by atoms with Gasteiger partial charge in [0.2, 0.25) is 0 Å². The summed E-state index contributed by atoms with van der Waals surface area (Å²) in [6.45, 7) is 4.01. The van der Waals surface area contributed by atoms with Gasteiger partial charge in [-0.15, -0.1) is 0 Å². The fraction of sp³-hybridized carbons (Fsp3) is 0.333. The smallest absolute Gasteiger partial charge is 0.142 e. The summed E-state index contributed by atoms with van der Waals surface area (Å²) in [5.74, 6) is 0.0991. The number of nitrogens with one attached hydrogen (secondary N) is 1. The Kier molecular flexibility index (Phi) is 6.21. The zero-order valence-corrected chi connectivity index (χ0v) is 13.0. The van der Waals surface area contributed by atoms with Crippen molar-refractivity contribution in [1.82, 2.24) is 5.32 Å². The lowest BCUT2D eigenvalue weighted by atomic mass is 9.92. The molecule has 0 heterocycles. The highest BCUT2D eigenvalue weighted by atomic mass is 35.5. The van der Waals surface area contributed by atoms with Gasteiger partial charge in [0.15, 0.2) is 0 Å². The molecule has 2 rings (SSSR count). The number of aryl methyl sites for hydroxylation is 1. The van der Waals surface area contributed by atoms with E-state index >= 15 is 0 Å². The van der Waals surface area contributed by atoms with Crippen molar-refractivity contribution in [1.29, 1.82) is 0 Å². The van der Waals surface area contributed by atoms with Crippen LogP contribution in [-0.2, 0) is 6.42 Å². The van der Waals surface area contributed by atoms with Gasteiger partial charge in [0, 0.05) is 6.54 Å². The van der Waals surface area contributed by atoms with E-state index in [0.29, 0.717) is 5.92 Å². The van der Waals surface area contributed by atoms with Gasteiger partial charge >= 0.3 is 0 Å². The van der Waals surface area contributed by atoms with Crippen LogP contribution in [0.3, 0.4) is 0 Å². The Morgan fingerprint density at radius 3 is 2.57 bits per heavy atom. The molecule has 0 aliphatic heterocycles. The van der Waals surface area contributed by atoms with Gasteiger partial charge in [-0.1, -0.05) is 54.9 Å². The summed E-state index contributed by atoms with van der Waals surface area (Å²) in [6.07, 6.45) is 1.83. The van der Waals surface area contributed by atoms with Crippen molar-refractivity contribution in [2.45, 2.75) is 25.7 Å². The third-order valence-corrected chi connectivity index (χ3v) is 3.98. The fourth-order valence-electron chi connectivity index (χ4n) is 2.47. The minimum absolute atomic E-state index is 0.186. The van der Waals surface area contributed by atoms with Gasteiger partial charge in [0.25, 0.3) is 0 Å². The summed E-state index contributed by atoms with van der Waals surface area (Å²) >= 11 is 5.72. The fourth-order valence-corrected chi connectivity index (χ4v) is 2.58. The summed E-state index contributed by atoms with van der Waals surface area (Å²) in [6, 6.07) is 15.6. The van der Waals surface area contributed by atoms with Crippen LogP contribution in [0.1, 0.15) is 30.4 Å². The molecule has 0 aliphatic rings. The number of benzene rings is 2. The summed E-state index contributed by atoms with van der Waals surface area (Å²) < 4.78 is 13.5. The van der Waals surface area contributed by atoms with Gasteiger partial charge in [-0.25, -0.2) is 4.39 Å². The van der Waals surface area contributed by atoms with E-state index in [-0.39, 0.29) is 10.8 Å². The Bertz CT molecular complexity index is 556. The van der Waals surface area contributed by atoms with Crippen LogP contribution >= 0.6 is 11.6 Å².